The lowest BCUT2D eigenvalue weighted by Crippen LogP contribution is -2.47. The number of nitriles is 1. The molecule has 2 nitrogen and oxygen atoms in total. The van der Waals surface area contributed by atoms with Gasteiger partial charge in [0.1, 0.15) is 5.40 Å². The molecule has 0 spiro atoms. The molecule has 0 atom stereocenters. The average Bonchev–Trinajstić information content (AvgIpc) is 2.11. The largest absolute Gasteiger partial charge is 0.325 e. The van der Waals surface area contributed by atoms with Crippen molar-refractivity contribution in [2.24, 2.45) is 0 Å². The summed E-state index contributed by atoms with van der Waals surface area (Å²) in [6.07, 6.45) is 0. The van der Waals surface area contributed by atoms with Gasteiger partial charge in [0.2, 0.25) is 0 Å². The molecule has 0 N–H and O–H groups in total. The zero-order chi connectivity index (χ0) is 10.0. The number of rotatable bonds is 4. The Morgan fingerprint density at radius 2 is 1.17 bits per heavy atom. The SMILES string of the molecule is CC[N+](CC)(CC)CC.N#CS. The van der Waals surface area contributed by atoms with E-state index in [-0.39, 0.29) is 0 Å². The molecular formula is C9H21N2S+. The highest BCUT2D eigenvalue weighted by Gasteiger charge is 2.16. The lowest BCUT2D eigenvalue weighted by molar-refractivity contribution is -0.921. The Labute approximate surface area is 82.2 Å². The van der Waals surface area contributed by atoms with Crippen LogP contribution < -0.4 is 0 Å². The third kappa shape index (κ3) is 5.45. The van der Waals surface area contributed by atoms with Gasteiger partial charge in [-0.05, 0) is 27.7 Å². The number of hydrogen-bond donors (Lipinski definition) is 1. The summed E-state index contributed by atoms with van der Waals surface area (Å²) in [6.45, 7) is 14.2. The van der Waals surface area contributed by atoms with Gasteiger partial charge in [-0.2, -0.15) is 5.26 Å². The fourth-order valence-corrected chi connectivity index (χ4v) is 1.34. The number of thiol groups is 1. The van der Waals surface area contributed by atoms with E-state index in [2.05, 4.69) is 40.3 Å². The molecule has 0 saturated heterocycles. The molecule has 0 aliphatic carbocycles. The Balaban J connectivity index is 0. The molecule has 0 rings (SSSR count). The Hall–Kier alpha value is -0.200. The van der Waals surface area contributed by atoms with Gasteiger partial charge in [-0.3, -0.25) is 0 Å². The van der Waals surface area contributed by atoms with E-state index < -0.39 is 0 Å². The van der Waals surface area contributed by atoms with Crippen molar-refractivity contribution in [3.8, 4) is 5.40 Å². The van der Waals surface area contributed by atoms with Crippen molar-refractivity contribution in [3.05, 3.63) is 0 Å². The summed E-state index contributed by atoms with van der Waals surface area (Å²) in [6, 6.07) is 0. The predicted octanol–water partition coefficient (Wildman–Crippen LogP) is 2.28. The van der Waals surface area contributed by atoms with Gasteiger partial charge in [-0.15, -0.1) is 0 Å². The molecule has 0 aromatic heterocycles. The van der Waals surface area contributed by atoms with Gasteiger partial charge in [-0.25, -0.2) is 0 Å². The number of thiocyanates is 1. The molecule has 0 aromatic rings. The van der Waals surface area contributed by atoms with Crippen LogP contribution in [-0.2, 0) is 0 Å². The van der Waals surface area contributed by atoms with E-state index in [1.54, 1.807) is 0 Å². The van der Waals surface area contributed by atoms with Crippen LogP contribution in [-0.4, -0.2) is 30.7 Å². The second-order valence-electron chi connectivity index (χ2n) is 2.71. The summed E-state index contributed by atoms with van der Waals surface area (Å²) in [7, 11) is 0. The second kappa shape index (κ2) is 8.89. The number of nitrogens with zero attached hydrogens (tertiary/aromatic N) is 2. The van der Waals surface area contributed by atoms with E-state index >= 15 is 0 Å². The van der Waals surface area contributed by atoms with Gasteiger partial charge in [0.05, 0.1) is 26.2 Å². The van der Waals surface area contributed by atoms with Gasteiger partial charge in [0.25, 0.3) is 0 Å². The Morgan fingerprint density at radius 1 is 1.00 bits per heavy atom. The third-order valence-corrected chi connectivity index (χ3v) is 2.68. The first-order chi connectivity index (χ1) is 5.66. The van der Waals surface area contributed by atoms with Crippen molar-refractivity contribution in [2.75, 3.05) is 26.2 Å². The molecule has 0 heterocycles. The molecule has 0 bridgehead atoms. The van der Waals surface area contributed by atoms with Crippen LogP contribution in [0.2, 0.25) is 0 Å². The van der Waals surface area contributed by atoms with E-state index in [0.29, 0.717) is 0 Å². The highest BCUT2D eigenvalue weighted by molar-refractivity contribution is 7.85. The van der Waals surface area contributed by atoms with Crippen molar-refractivity contribution >= 4 is 12.6 Å². The highest BCUT2D eigenvalue weighted by atomic mass is 32.1. The molecule has 0 radical (unpaired) electrons. The van der Waals surface area contributed by atoms with E-state index in [4.69, 9.17) is 5.26 Å². The van der Waals surface area contributed by atoms with Crippen LogP contribution in [0, 0.1) is 10.7 Å². The molecule has 0 unspecified atom stereocenters. The summed E-state index contributed by atoms with van der Waals surface area (Å²) < 4.78 is 1.28. The van der Waals surface area contributed by atoms with Gasteiger partial charge in [-0.1, -0.05) is 12.6 Å². The minimum absolute atomic E-state index is 1.28. The third-order valence-electron chi connectivity index (χ3n) is 2.68. The van der Waals surface area contributed by atoms with E-state index in [1.165, 1.54) is 36.1 Å². The summed E-state index contributed by atoms with van der Waals surface area (Å²) in [5, 5.41) is 8.63. The van der Waals surface area contributed by atoms with E-state index in [0.717, 1.165) is 0 Å². The van der Waals surface area contributed by atoms with Crippen LogP contribution in [0.3, 0.4) is 0 Å². The maximum absolute atomic E-state index is 7.18. The summed E-state index contributed by atoms with van der Waals surface area (Å²) in [5.41, 5.74) is 0. The number of hydrogen-bond acceptors (Lipinski definition) is 2. The Morgan fingerprint density at radius 3 is 1.17 bits per heavy atom. The maximum Gasteiger partial charge on any atom is 0.130 e. The molecule has 72 valence electrons. The lowest BCUT2D eigenvalue weighted by atomic mass is 10.3. The Bertz CT molecular complexity index is 107. The van der Waals surface area contributed by atoms with Crippen LogP contribution in [0.25, 0.3) is 0 Å². The molecule has 0 amide bonds. The molecule has 0 saturated carbocycles. The summed E-state index contributed by atoms with van der Waals surface area (Å²) in [5.74, 6) is 0. The van der Waals surface area contributed by atoms with Gasteiger partial charge < -0.3 is 4.48 Å². The first-order valence-corrected chi connectivity index (χ1v) is 4.99. The van der Waals surface area contributed by atoms with Crippen LogP contribution in [0.1, 0.15) is 27.7 Å². The predicted molar refractivity (Wildman–Crippen MR) is 57.0 cm³/mol. The normalized spacial score (nSPS) is 9.67. The number of quaternary nitrogens is 1. The summed E-state index contributed by atoms with van der Waals surface area (Å²) in [4.78, 5) is 0. The molecule has 0 aromatic carbocycles. The van der Waals surface area contributed by atoms with Crippen LogP contribution in [0.5, 0.6) is 0 Å². The molecule has 3 heteroatoms. The molecule has 0 aliphatic rings. The standard InChI is InChI=1S/C8H20N.CHNS/c1-5-9(6-2,7-3)8-4;2-1-3/h5-8H2,1-4H3;3H/q+1;. The second-order valence-corrected chi connectivity index (χ2v) is 2.91. The average molecular weight is 189 g/mol. The van der Waals surface area contributed by atoms with Gasteiger partial charge in [0, 0.05) is 0 Å². The van der Waals surface area contributed by atoms with Crippen molar-refractivity contribution in [2.45, 2.75) is 27.7 Å². The van der Waals surface area contributed by atoms with Gasteiger partial charge in [0.15, 0.2) is 0 Å². The van der Waals surface area contributed by atoms with Crippen molar-refractivity contribution < 1.29 is 4.48 Å². The molecule has 0 fully saturated rings. The van der Waals surface area contributed by atoms with E-state index in [9.17, 15) is 0 Å². The molecule has 0 aliphatic heterocycles. The van der Waals surface area contributed by atoms with Gasteiger partial charge >= 0.3 is 0 Å². The Kier molecular flexibility index (Phi) is 10.6. The monoisotopic (exact) mass is 189 g/mol. The molecule has 12 heavy (non-hydrogen) atoms. The highest BCUT2D eigenvalue weighted by Crippen LogP contribution is 2.03. The van der Waals surface area contributed by atoms with Crippen molar-refractivity contribution in [1.82, 2.24) is 0 Å². The van der Waals surface area contributed by atoms with Crippen LogP contribution >= 0.6 is 12.6 Å². The summed E-state index contributed by atoms with van der Waals surface area (Å²) >= 11 is 3.09. The zero-order valence-corrected chi connectivity index (χ0v) is 9.56. The minimum Gasteiger partial charge on any atom is -0.325 e. The lowest BCUT2D eigenvalue weighted by Gasteiger charge is -2.34. The first kappa shape index (κ1) is 14.3. The maximum atomic E-state index is 7.18. The quantitative estimate of drug-likeness (QED) is 0.409. The van der Waals surface area contributed by atoms with Crippen molar-refractivity contribution in [1.29, 1.82) is 5.26 Å². The van der Waals surface area contributed by atoms with Crippen LogP contribution in [0.4, 0.5) is 0 Å². The fraction of sp³-hybridized carbons (Fsp3) is 0.889. The molecular weight excluding hydrogens is 168 g/mol. The zero-order valence-electron chi connectivity index (χ0n) is 8.67. The first-order valence-electron chi connectivity index (χ1n) is 4.54. The minimum atomic E-state index is 1.28. The van der Waals surface area contributed by atoms with E-state index in [1.807, 2.05) is 0 Å². The van der Waals surface area contributed by atoms with Crippen molar-refractivity contribution in [3.63, 3.8) is 0 Å². The topological polar surface area (TPSA) is 23.8 Å². The smallest absolute Gasteiger partial charge is 0.130 e. The fourth-order valence-electron chi connectivity index (χ4n) is 1.34. The van der Waals surface area contributed by atoms with Crippen LogP contribution in [0.15, 0.2) is 0 Å².